The van der Waals surface area contributed by atoms with E-state index >= 15 is 0 Å². The van der Waals surface area contributed by atoms with Gasteiger partial charge in [-0.1, -0.05) is 32.9 Å². The van der Waals surface area contributed by atoms with Crippen LogP contribution >= 0.6 is 0 Å². The second-order valence-corrected chi connectivity index (χ2v) is 8.23. The molecule has 0 spiro atoms. The van der Waals surface area contributed by atoms with Crippen molar-refractivity contribution in [1.82, 2.24) is 4.57 Å². The first-order chi connectivity index (χ1) is 13.7. The molecule has 3 rings (SSSR count). The monoisotopic (exact) mass is 395 g/mol. The summed E-state index contributed by atoms with van der Waals surface area (Å²) < 4.78 is 12.8. The fourth-order valence-electron chi connectivity index (χ4n) is 3.30. The lowest BCUT2D eigenvalue weighted by atomic mass is 9.99. The first-order valence-corrected chi connectivity index (χ1v) is 9.73. The number of nitrogens with one attached hydrogen (secondary N) is 1. The molecule has 0 atom stereocenters. The molecule has 154 valence electrons. The summed E-state index contributed by atoms with van der Waals surface area (Å²) in [6, 6.07) is 13.5. The summed E-state index contributed by atoms with van der Waals surface area (Å²) in [5.74, 6) is 0.785. The van der Waals surface area contributed by atoms with E-state index in [1.54, 1.807) is 7.11 Å². The largest absolute Gasteiger partial charge is 0.497 e. The molecule has 1 aromatic heterocycles. The first-order valence-electron chi connectivity index (χ1n) is 9.73. The summed E-state index contributed by atoms with van der Waals surface area (Å²) in [4.78, 5) is 12.1. The molecular weight excluding hydrogens is 366 g/mol. The minimum Gasteiger partial charge on any atom is -0.497 e. The molecular formula is C23H29N3O3. The third kappa shape index (κ3) is 4.47. The van der Waals surface area contributed by atoms with Crippen LogP contribution in [-0.4, -0.2) is 24.4 Å². The Labute approximate surface area is 171 Å². The van der Waals surface area contributed by atoms with Gasteiger partial charge in [0.1, 0.15) is 5.75 Å². The number of ether oxygens (including phenoxy) is 2. The number of methoxy groups -OCH3 is 1. The van der Waals surface area contributed by atoms with E-state index in [4.69, 9.17) is 15.2 Å². The fourth-order valence-corrected chi connectivity index (χ4v) is 3.30. The predicted molar refractivity (Wildman–Crippen MR) is 118 cm³/mol. The molecule has 6 nitrogen and oxygen atoms in total. The van der Waals surface area contributed by atoms with E-state index in [0.29, 0.717) is 18.0 Å². The third-order valence-corrected chi connectivity index (χ3v) is 4.65. The Hall–Kier alpha value is -3.15. The average Bonchev–Trinajstić information content (AvgIpc) is 2.97. The highest BCUT2D eigenvalue weighted by Gasteiger charge is 2.18. The molecule has 0 unspecified atom stereocenters. The molecule has 1 heterocycles. The summed E-state index contributed by atoms with van der Waals surface area (Å²) in [7, 11) is 1.65. The topological polar surface area (TPSA) is 78.5 Å². The van der Waals surface area contributed by atoms with Gasteiger partial charge in [-0.15, -0.1) is 0 Å². The number of hydrogen-bond donors (Lipinski definition) is 2. The predicted octanol–water partition coefficient (Wildman–Crippen LogP) is 5.51. The number of rotatable bonds is 5. The van der Waals surface area contributed by atoms with Crippen LogP contribution in [0.3, 0.4) is 0 Å². The molecule has 0 aliphatic heterocycles. The van der Waals surface area contributed by atoms with E-state index in [0.717, 1.165) is 34.5 Å². The van der Waals surface area contributed by atoms with E-state index < -0.39 is 6.09 Å². The van der Waals surface area contributed by atoms with Gasteiger partial charge in [0.15, 0.2) is 0 Å². The van der Waals surface area contributed by atoms with Crippen molar-refractivity contribution in [2.75, 3.05) is 24.8 Å². The Morgan fingerprint density at radius 1 is 1.17 bits per heavy atom. The van der Waals surface area contributed by atoms with Crippen LogP contribution in [0, 0.1) is 5.41 Å². The highest BCUT2D eigenvalue weighted by molar-refractivity contribution is 6.02. The van der Waals surface area contributed by atoms with Gasteiger partial charge in [0, 0.05) is 29.2 Å². The minimum atomic E-state index is -0.467. The number of nitrogens with zero attached hydrogens (tertiary/aromatic N) is 1. The maximum atomic E-state index is 12.1. The number of hydrogen-bond acceptors (Lipinski definition) is 4. The Morgan fingerprint density at radius 2 is 1.93 bits per heavy atom. The summed E-state index contributed by atoms with van der Waals surface area (Å²) in [5, 5.41) is 3.78. The highest BCUT2D eigenvalue weighted by Crippen LogP contribution is 2.38. The molecule has 2 aromatic carbocycles. The van der Waals surface area contributed by atoms with Crippen LogP contribution in [0.1, 0.15) is 27.7 Å². The Balaban J connectivity index is 1.95. The molecule has 1 amide bonds. The van der Waals surface area contributed by atoms with Gasteiger partial charge < -0.3 is 19.8 Å². The third-order valence-electron chi connectivity index (χ3n) is 4.65. The van der Waals surface area contributed by atoms with Gasteiger partial charge in [-0.2, -0.15) is 0 Å². The number of carbonyl (C=O) groups is 1. The minimum absolute atomic E-state index is 0.0865. The van der Waals surface area contributed by atoms with Gasteiger partial charge >= 0.3 is 6.09 Å². The lowest BCUT2D eigenvalue weighted by molar-refractivity contribution is 0.118. The second kappa shape index (κ2) is 8.07. The zero-order chi connectivity index (χ0) is 21.2. The smallest absolute Gasteiger partial charge is 0.411 e. The molecule has 0 saturated carbocycles. The molecule has 0 fully saturated rings. The van der Waals surface area contributed by atoms with Gasteiger partial charge in [-0.05, 0) is 36.6 Å². The van der Waals surface area contributed by atoms with E-state index in [2.05, 4.69) is 16.8 Å². The van der Waals surface area contributed by atoms with Crippen molar-refractivity contribution in [3.63, 3.8) is 0 Å². The van der Waals surface area contributed by atoms with E-state index in [1.165, 1.54) is 0 Å². The van der Waals surface area contributed by atoms with Gasteiger partial charge in [0.05, 0.1) is 30.6 Å². The van der Waals surface area contributed by atoms with Crippen molar-refractivity contribution in [2.24, 2.45) is 5.41 Å². The number of amides is 1. The van der Waals surface area contributed by atoms with Gasteiger partial charge in [0.25, 0.3) is 0 Å². The summed E-state index contributed by atoms with van der Waals surface area (Å²) in [6.45, 7) is 9.22. The van der Waals surface area contributed by atoms with Crippen molar-refractivity contribution in [1.29, 1.82) is 0 Å². The molecule has 0 aliphatic carbocycles. The molecule has 0 bridgehead atoms. The molecule has 3 N–H and O–H groups in total. The van der Waals surface area contributed by atoms with Crippen LogP contribution in [-0.2, 0) is 11.3 Å². The lowest BCUT2D eigenvalue weighted by Crippen LogP contribution is -2.21. The average molecular weight is 396 g/mol. The first kappa shape index (κ1) is 20.6. The maximum Gasteiger partial charge on any atom is 0.411 e. The molecule has 3 aromatic rings. The lowest BCUT2D eigenvalue weighted by Gasteiger charge is -2.18. The van der Waals surface area contributed by atoms with Crippen molar-refractivity contribution in [3.8, 4) is 17.0 Å². The van der Waals surface area contributed by atoms with E-state index in [9.17, 15) is 4.79 Å². The SMILES string of the molecule is CCn1c(-c2cccc(NC(=O)OCC(C)(C)C)c2)c(N)c2ccc(OC)cc21. The normalized spacial score (nSPS) is 11.5. The number of carbonyl (C=O) groups excluding carboxylic acids is 1. The van der Waals surface area contributed by atoms with Gasteiger partial charge in [0.2, 0.25) is 0 Å². The Morgan fingerprint density at radius 3 is 2.59 bits per heavy atom. The zero-order valence-electron chi connectivity index (χ0n) is 17.7. The number of nitrogen functional groups attached to an aromatic ring is 1. The number of anilines is 2. The second-order valence-electron chi connectivity index (χ2n) is 8.23. The van der Waals surface area contributed by atoms with E-state index in [-0.39, 0.29) is 5.41 Å². The van der Waals surface area contributed by atoms with Crippen molar-refractivity contribution < 1.29 is 14.3 Å². The molecule has 0 saturated heterocycles. The Kier molecular flexibility index (Phi) is 5.73. The fraction of sp³-hybridized carbons (Fsp3) is 0.348. The van der Waals surface area contributed by atoms with Gasteiger partial charge in [-0.3, -0.25) is 5.32 Å². The standard InChI is InChI=1S/C23H29N3O3/c1-6-26-19-13-17(28-5)10-11-18(19)20(24)21(26)15-8-7-9-16(12-15)25-22(27)29-14-23(2,3)4/h7-13H,6,14,24H2,1-5H3,(H,25,27). The highest BCUT2D eigenvalue weighted by atomic mass is 16.5. The summed E-state index contributed by atoms with van der Waals surface area (Å²) >= 11 is 0. The van der Waals surface area contributed by atoms with Crippen molar-refractivity contribution >= 4 is 28.4 Å². The zero-order valence-corrected chi connectivity index (χ0v) is 17.7. The Bertz CT molecular complexity index is 1030. The van der Waals surface area contributed by atoms with E-state index in [1.807, 2.05) is 63.2 Å². The van der Waals surface area contributed by atoms with Crippen LogP contribution in [0.15, 0.2) is 42.5 Å². The number of benzene rings is 2. The van der Waals surface area contributed by atoms with Crippen LogP contribution in [0.5, 0.6) is 5.75 Å². The van der Waals surface area contributed by atoms with Crippen LogP contribution in [0.2, 0.25) is 0 Å². The molecule has 29 heavy (non-hydrogen) atoms. The van der Waals surface area contributed by atoms with Crippen LogP contribution in [0.25, 0.3) is 22.2 Å². The number of nitrogens with two attached hydrogens (primary N) is 1. The number of fused-ring (bicyclic) bond motifs is 1. The summed E-state index contributed by atoms with van der Waals surface area (Å²) in [5.41, 5.74) is 10.6. The quantitative estimate of drug-likeness (QED) is 0.597. The number of aromatic nitrogens is 1. The van der Waals surface area contributed by atoms with Crippen molar-refractivity contribution in [3.05, 3.63) is 42.5 Å². The molecule has 0 radical (unpaired) electrons. The van der Waals surface area contributed by atoms with Crippen LogP contribution < -0.4 is 15.8 Å². The number of aryl methyl sites for hydroxylation is 1. The molecule has 6 heteroatoms. The van der Waals surface area contributed by atoms with Gasteiger partial charge in [-0.25, -0.2) is 4.79 Å². The summed E-state index contributed by atoms with van der Waals surface area (Å²) in [6.07, 6.45) is -0.467. The van der Waals surface area contributed by atoms with Crippen molar-refractivity contribution in [2.45, 2.75) is 34.2 Å². The van der Waals surface area contributed by atoms with Crippen LogP contribution in [0.4, 0.5) is 16.2 Å². The molecule has 0 aliphatic rings. The maximum absolute atomic E-state index is 12.1.